The van der Waals surface area contributed by atoms with Crippen LogP contribution in [0.3, 0.4) is 0 Å². The largest absolute Gasteiger partial charge is 0.450 e. The van der Waals surface area contributed by atoms with Crippen molar-refractivity contribution in [1.29, 1.82) is 0 Å². The highest BCUT2D eigenvalue weighted by molar-refractivity contribution is 8.07. The van der Waals surface area contributed by atoms with E-state index in [1.165, 1.54) is 6.92 Å². The number of thioether (sulfide) groups is 2. The van der Waals surface area contributed by atoms with Gasteiger partial charge in [-0.2, -0.15) is 11.8 Å². The minimum absolute atomic E-state index is 0.155. The summed E-state index contributed by atoms with van der Waals surface area (Å²) in [4.78, 5) is 22.6. The Morgan fingerprint density at radius 3 is 2.56 bits per heavy atom. The molecule has 1 aliphatic rings. The van der Waals surface area contributed by atoms with E-state index in [0.717, 1.165) is 5.75 Å². The normalized spacial score (nSPS) is 27.4. The monoisotopic (exact) mass is 290 g/mol. The molecule has 4 nitrogen and oxygen atoms in total. The number of ether oxygens (including phenoxy) is 2. The van der Waals surface area contributed by atoms with E-state index < -0.39 is 11.9 Å². The summed E-state index contributed by atoms with van der Waals surface area (Å²) < 4.78 is 9.96. The fourth-order valence-electron chi connectivity index (χ4n) is 1.25. The van der Waals surface area contributed by atoms with E-state index >= 15 is 0 Å². The highest BCUT2D eigenvalue weighted by Gasteiger charge is 2.28. The van der Waals surface area contributed by atoms with Crippen molar-refractivity contribution >= 4 is 35.5 Å². The number of esters is 2. The third-order valence-electron chi connectivity index (χ3n) is 2.46. The van der Waals surface area contributed by atoms with Gasteiger partial charge in [-0.05, 0) is 6.92 Å². The summed E-state index contributed by atoms with van der Waals surface area (Å²) in [6.07, 6.45) is 0. The van der Waals surface area contributed by atoms with Gasteiger partial charge in [-0.15, -0.1) is 11.8 Å². The lowest BCUT2D eigenvalue weighted by molar-refractivity contribution is -0.157. The van der Waals surface area contributed by atoms with Crippen molar-refractivity contribution in [2.45, 2.75) is 36.7 Å². The van der Waals surface area contributed by atoms with Crippen LogP contribution in [0.15, 0.2) is 12.2 Å². The van der Waals surface area contributed by atoms with Crippen molar-refractivity contribution in [3.63, 3.8) is 0 Å². The van der Waals surface area contributed by atoms with Crippen LogP contribution in [0.4, 0.5) is 0 Å². The van der Waals surface area contributed by atoms with Gasteiger partial charge in [-0.1, -0.05) is 20.4 Å². The second-order valence-electron chi connectivity index (χ2n) is 4.16. The summed E-state index contributed by atoms with van der Waals surface area (Å²) in [7, 11) is 0. The minimum atomic E-state index is -0.570. The average Bonchev–Trinajstić information content (AvgIpc) is 2.30. The smallest absolute Gasteiger partial charge is 0.345 e. The lowest BCUT2D eigenvalue weighted by Crippen LogP contribution is -2.31. The lowest BCUT2D eigenvalue weighted by Gasteiger charge is -2.30. The quantitative estimate of drug-likeness (QED) is 0.584. The molecule has 0 unspecified atom stereocenters. The molecule has 1 heterocycles. The Kier molecular flexibility index (Phi) is 6.08. The van der Waals surface area contributed by atoms with Gasteiger partial charge in [0.15, 0.2) is 12.0 Å². The summed E-state index contributed by atoms with van der Waals surface area (Å²) in [5.41, 5.74) is 0.116. The molecule has 1 fully saturated rings. The van der Waals surface area contributed by atoms with E-state index in [4.69, 9.17) is 9.47 Å². The average molecular weight is 290 g/mol. The van der Waals surface area contributed by atoms with E-state index in [1.54, 1.807) is 23.5 Å². The predicted octanol–water partition coefficient (Wildman–Crippen LogP) is 2.23. The van der Waals surface area contributed by atoms with Gasteiger partial charge >= 0.3 is 11.9 Å². The van der Waals surface area contributed by atoms with Gasteiger partial charge in [0.1, 0.15) is 0 Å². The number of carbonyl (C=O) groups is 2. The van der Waals surface area contributed by atoms with Crippen LogP contribution in [-0.2, 0) is 19.1 Å². The molecule has 0 saturated carbocycles. The van der Waals surface area contributed by atoms with Crippen molar-refractivity contribution < 1.29 is 19.1 Å². The van der Waals surface area contributed by atoms with Crippen LogP contribution in [0.25, 0.3) is 0 Å². The molecular formula is C12H18O4S2. The molecule has 3 atom stereocenters. The molecule has 6 heteroatoms. The predicted molar refractivity (Wildman–Crippen MR) is 74.6 cm³/mol. The fourth-order valence-corrected chi connectivity index (χ4v) is 3.89. The fraction of sp³-hybridized carbons (Fsp3) is 0.667. The Balaban J connectivity index is 2.28. The maximum absolute atomic E-state index is 11.5. The standard InChI is InChI=1S/C12H18O4S2/c1-7(2)12(14)15-5-10(13)16-11-6-17-8(3)9(4)18-11/h8-9,11H,1,5-6H2,2-4H3/t8-,9+,11+/m1/s1. The Hall–Kier alpha value is -0.620. The molecule has 0 spiro atoms. The molecule has 1 rings (SSSR count). The van der Waals surface area contributed by atoms with Crippen LogP contribution >= 0.6 is 23.5 Å². The zero-order valence-electron chi connectivity index (χ0n) is 10.8. The molecule has 0 aromatic heterocycles. The molecule has 18 heavy (non-hydrogen) atoms. The Morgan fingerprint density at radius 1 is 1.33 bits per heavy atom. The molecule has 0 aliphatic carbocycles. The van der Waals surface area contributed by atoms with Crippen LogP contribution in [0.5, 0.6) is 0 Å². The number of carbonyl (C=O) groups excluding carboxylic acids is 2. The first kappa shape index (κ1) is 15.4. The maximum atomic E-state index is 11.5. The summed E-state index contributed by atoms with van der Waals surface area (Å²) in [6, 6.07) is 0. The topological polar surface area (TPSA) is 52.6 Å². The van der Waals surface area contributed by atoms with Crippen molar-refractivity contribution in [2.24, 2.45) is 0 Å². The summed E-state index contributed by atoms with van der Waals surface area (Å²) >= 11 is 3.43. The van der Waals surface area contributed by atoms with E-state index in [9.17, 15) is 9.59 Å². The molecular weight excluding hydrogens is 272 g/mol. The molecule has 0 amide bonds. The van der Waals surface area contributed by atoms with Gasteiger partial charge in [0.05, 0.1) is 0 Å². The summed E-state index contributed by atoms with van der Waals surface area (Å²) in [5.74, 6) is -0.305. The molecule has 0 aromatic carbocycles. The van der Waals surface area contributed by atoms with Gasteiger partial charge in [0.25, 0.3) is 0 Å². The molecule has 0 bridgehead atoms. The van der Waals surface area contributed by atoms with Crippen molar-refractivity contribution in [3.05, 3.63) is 12.2 Å². The number of rotatable bonds is 4. The number of hydrogen-bond acceptors (Lipinski definition) is 6. The van der Waals surface area contributed by atoms with Gasteiger partial charge in [-0.25, -0.2) is 9.59 Å². The van der Waals surface area contributed by atoms with E-state index in [1.807, 2.05) is 0 Å². The van der Waals surface area contributed by atoms with E-state index in [0.29, 0.717) is 10.5 Å². The van der Waals surface area contributed by atoms with E-state index in [2.05, 4.69) is 20.4 Å². The van der Waals surface area contributed by atoms with Gasteiger partial charge in [-0.3, -0.25) is 0 Å². The van der Waals surface area contributed by atoms with Crippen LogP contribution in [-0.4, -0.2) is 40.2 Å². The Morgan fingerprint density at radius 2 is 2.00 bits per heavy atom. The SMILES string of the molecule is C=C(C)C(=O)OCC(=O)O[C@@H]1CS[C@H](C)[C@H](C)S1. The van der Waals surface area contributed by atoms with E-state index in [-0.39, 0.29) is 17.6 Å². The minimum Gasteiger partial charge on any atom is -0.450 e. The second-order valence-corrected chi connectivity index (χ2v) is 7.11. The highest BCUT2D eigenvalue weighted by atomic mass is 32.2. The molecule has 0 N–H and O–H groups in total. The first-order valence-electron chi connectivity index (χ1n) is 5.69. The first-order valence-corrected chi connectivity index (χ1v) is 7.68. The molecule has 102 valence electrons. The summed E-state index contributed by atoms with van der Waals surface area (Å²) in [6.45, 7) is 8.89. The second kappa shape index (κ2) is 7.09. The van der Waals surface area contributed by atoms with Crippen LogP contribution in [0.2, 0.25) is 0 Å². The Labute approximate surface area is 116 Å². The first-order chi connectivity index (χ1) is 8.40. The third kappa shape index (κ3) is 4.94. The molecule has 0 aromatic rings. The van der Waals surface area contributed by atoms with Crippen molar-refractivity contribution in [2.75, 3.05) is 12.4 Å². The van der Waals surface area contributed by atoms with Gasteiger partial charge < -0.3 is 9.47 Å². The van der Waals surface area contributed by atoms with Crippen LogP contribution in [0.1, 0.15) is 20.8 Å². The molecule has 0 radical (unpaired) electrons. The van der Waals surface area contributed by atoms with Crippen LogP contribution in [0, 0.1) is 0 Å². The van der Waals surface area contributed by atoms with Gasteiger partial charge in [0.2, 0.25) is 0 Å². The zero-order chi connectivity index (χ0) is 13.7. The number of hydrogen-bond donors (Lipinski definition) is 0. The van der Waals surface area contributed by atoms with Crippen molar-refractivity contribution in [1.82, 2.24) is 0 Å². The summed E-state index contributed by atoms with van der Waals surface area (Å²) in [5, 5.41) is 1.01. The molecule has 1 saturated heterocycles. The van der Waals surface area contributed by atoms with Crippen molar-refractivity contribution in [3.8, 4) is 0 Å². The maximum Gasteiger partial charge on any atom is 0.345 e. The van der Waals surface area contributed by atoms with Crippen LogP contribution < -0.4 is 0 Å². The van der Waals surface area contributed by atoms with Gasteiger partial charge in [0, 0.05) is 21.8 Å². The molecule has 1 aliphatic heterocycles. The Bertz CT molecular complexity index is 343. The lowest BCUT2D eigenvalue weighted by atomic mass is 10.4. The highest BCUT2D eigenvalue weighted by Crippen LogP contribution is 2.36. The zero-order valence-corrected chi connectivity index (χ0v) is 12.4. The third-order valence-corrected chi connectivity index (χ3v) is 5.67.